The summed E-state index contributed by atoms with van der Waals surface area (Å²) in [6.07, 6.45) is 4.49. The summed E-state index contributed by atoms with van der Waals surface area (Å²) in [5.41, 5.74) is 1.72. The molecule has 0 fully saturated rings. The number of ketones is 1. The largest absolute Gasteiger partial charge is 0.503 e. The highest BCUT2D eigenvalue weighted by atomic mass is 32.1. The molecule has 0 bridgehead atoms. The summed E-state index contributed by atoms with van der Waals surface area (Å²) in [6.45, 7) is 11.0. The van der Waals surface area contributed by atoms with Gasteiger partial charge in [0.05, 0.1) is 27.2 Å². The van der Waals surface area contributed by atoms with Gasteiger partial charge in [0.2, 0.25) is 5.78 Å². The van der Waals surface area contributed by atoms with Gasteiger partial charge in [-0.2, -0.15) is 0 Å². The molecular formula is C25H31N3O3S. The Kier molecular flexibility index (Phi) is 7.99. The van der Waals surface area contributed by atoms with Crippen LogP contribution in [0.4, 0.5) is 0 Å². The number of aliphatic hydroxyl groups excluding tert-OH is 1. The summed E-state index contributed by atoms with van der Waals surface area (Å²) < 4.78 is 0. The summed E-state index contributed by atoms with van der Waals surface area (Å²) in [5.74, 6) is -1.27. The van der Waals surface area contributed by atoms with Gasteiger partial charge in [-0.25, -0.2) is 4.98 Å². The van der Waals surface area contributed by atoms with E-state index in [9.17, 15) is 14.7 Å². The van der Waals surface area contributed by atoms with Crippen LogP contribution in [0.15, 0.2) is 47.7 Å². The molecule has 1 atom stereocenters. The van der Waals surface area contributed by atoms with Crippen molar-refractivity contribution in [2.75, 3.05) is 26.2 Å². The van der Waals surface area contributed by atoms with Gasteiger partial charge in [-0.05, 0) is 45.5 Å². The third kappa shape index (κ3) is 5.16. The highest BCUT2D eigenvalue weighted by Gasteiger charge is 2.42. The fourth-order valence-corrected chi connectivity index (χ4v) is 4.87. The molecule has 1 unspecified atom stereocenters. The molecule has 1 N–H and O–H groups in total. The Balaban J connectivity index is 1.92. The first-order valence-electron chi connectivity index (χ1n) is 11.1. The number of aryl methyl sites for hydroxylation is 2. The number of aliphatic hydroxyl groups is 1. The van der Waals surface area contributed by atoms with Gasteiger partial charge in [-0.1, -0.05) is 56.3 Å². The van der Waals surface area contributed by atoms with E-state index in [1.807, 2.05) is 49.4 Å². The second-order valence-electron chi connectivity index (χ2n) is 7.83. The molecule has 2 heterocycles. The Bertz CT molecular complexity index is 1020. The zero-order valence-electron chi connectivity index (χ0n) is 19.2. The average Bonchev–Trinajstić information content (AvgIpc) is 3.25. The second-order valence-corrected chi connectivity index (χ2v) is 9.04. The Labute approximate surface area is 193 Å². The van der Waals surface area contributed by atoms with Crippen molar-refractivity contribution in [1.29, 1.82) is 0 Å². The number of Topliss-reactive ketones (excluding diaryl/α,β-unsaturated/α-hetero) is 1. The van der Waals surface area contributed by atoms with E-state index in [4.69, 9.17) is 0 Å². The number of rotatable bonds is 10. The summed E-state index contributed by atoms with van der Waals surface area (Å²) >= 11 is 1.29. The first-order valence-corrected chi connectivity index (χ1v) is 11.9. The second kappa shape index (κ2) is 10.7. The maximum absolute atomic E-state index is 13.4. The lowest BCUT2D eigenvalue weighted by atomic mass is 10.00. The normalized spacial score (nSPS) is 16.7. The van der Waals surface area contributed by atoms with E-state index in [1.165, 1.54) is 11.3 Å². The highest BCUT2D eigenvalue weighted by molar-refractivity contribution is 7.14. The minimum atomic E-state index is -0.617. The molecule has 0 radical (unpaired) electrons. The summed E-state index contributed by atoms with van der Waals surface area (Å²) in [6, 6.07) is 9.10. The van der Waals surface area contributed by atoms with Crippen LogP contribution in [0.2, 0.25) is 0 Å². The van der Waals surface area contributed by atoms with Gasteiger partial charge in [0.25, 0.3) is 5.91 Å². The van der Waals surface area contributed by atoms with Crippen molar-refractivity contribution in [3.8, 4) is 0 Å². The molecule has 0 saturated carbocycles. The minimum Gasteiger partial charge on any atom is -0.503 e. The van der Waals surface area contributed by atoms with Crippen molar-refractivity contribution >= 4 is 29.1 Å². The van der Waals surface area contributed by atoms with Crippen LogP contribution in [0, 0.1) is 13.8 Å². The van der Waals surface area contributed by atoms with E-state index in [-0.39, 0.29) is 11.4 Å². The van der Waals surface area contributed by atoms with Crippen LogP contribution in [-0.4, -0.2) is 63.8 Å². The Hall–Kier alpha value is -2.77. The van der Waals surface area contributed by atoms with Gasteiger partial charge in [0.1, 0.15) is 0 Å². The van der Waals surface area contributed by atoms with Gasteiger partial charge in [0.15, 0.2) is 5.76 Å². The SMILES string of the molecule is CCN(CC)CCCN1C(=O)C(O)=C(C(=O)c2sc(C)nc2C)C1C=Cc1ccccc1. The predicted molar refractivity (Wildman–Crippen MR) is 129 cm³/mol. The lowest BCUT2D eigenvalue weighted by Crippen LogP contribution is -2.38. The number of hydrogen-bond donors (Lipinski definition) is 1. The molecule has 1 aliphatic rings. The number of hydrogen-bond acceptors (Lipinski definition) is 6. The predicted octanol–water partition coefficient (Wildman–Crippen LogP) is 4.41. The molecule has 1 aromatic heterocycles. The van der Waals surface area contributed by atoms with Gasteiger partial charge in [-0.3, -0.25) is 9.59 Å². The number of benzene rings is 1. The van der Waals surface area contributed by atoms with Crippen LogP contribution >= 0.6 is 11.3 Å². The van der Waals surface area contributed by atoms with Gasteiger partial charge >= 0.3 is 0 Å². The molecule has 32 heavy (non-hydrogen) atoms. The molecule has 1 aromatic carbocycles. The zero-order chi connectivity index (χ0) is 23.3. The fraction of sp³-hybridized carbons (Fsp3) is 0.400. The van der Waals surface area contributed by atoms with Crippen molar-refractivity contribution in [2.24, 2.45) is 0 Å². The Morgan fingerprint density at radius 1 is 1.22 bits per heavy atom. The smallest absolute Gasteiger partial charge is 0.289 e. The van der Waals surface area contributed by atoms with Gasteiger partial charge in [-0.15, -0.1) is 11.3 Å². The van der Waals surface area contributed by atoms with E-state index in [0.717, 1.165) is 36.6 Å². The number of nitrogens with zero attached hydrogens (tertiary/aromatic N) is 3. The topological polar surface area (TPSA) is 73.7 Å². The monoisotopic (exact) mass is 453 g/mol. The molecule has 170 valence electrons. The third-order valence-electron chi connectivity index (χ3n) is 5.74. The lowest BCUT2D eigenvalue weighted by molar-refractivity contribution is -0.128. The summed E-state index contributed by atoms with van der Waals surface area (Å²) in [7, 11) is 0. The maximum Gasteiger partial charge on any atom is 0.289 e. The Morgan fingerprint density at radius 3 is 2.50 bits per heavy atom. The highest BCUT2D eigenvalue weighted by Crippen LogP contribution is 2.32. The minimum absolute atomic E-state index is 0.136. The van der Waals surface area contributed by atoms with E-state index in [1.54, 1.807) is 11.8 Å². The van der Waals surface area contributed by atoms with E-state index < -0.39 is 17.7 Å². The van der Waals surface area contributed by atoms with Crippen molar-refractivity contribution in [3.63, 3.8) is 0 Å². The molecule has 0 spiro atoms. The third-order valence-corrected chi connectivity index (χ3v) is 6.81. The van der Waals surface area contributed by atoms with Crippen LogP contribution < -0.4 is 0 Å². The molecule has 0 saturated heterocycles. The van der Waals surface area contributed by atoms with Crippen molar-refractivity contribution in [2.45, 2.75) is 40.2 Å². The number of aromatic nitrogens is 1. The standard InChI is InChI=1S/C25H31N3O3S/c1-5-27(6-2)15-10-16-28-20(14-13-19-11-8-7-9-12-19)21(23(30)25(28)31)22(29)24-17(3)26-18(4)32-24/h7-9,11-14,20,30H,5-6,10,15-16H2,1-4H3. The van der Waals surface area contributed by atoms with Crippen LogP contribution in [0.25, 0.3) is 6.08 Å². The van der Waals surface area contributed by atoms with Crippen molar-refractivity contribution in [1.82, 2.24) is 14.8 Å². The zero-order valence-corrected chi connectivity index (χ0v) is 20.0. The van der Waals surface area contributed by atoms with Crippen LogP contribution in [0.1, 0.15) is 46.2 Å². The molecule has 0 aliphatic carbocycles. The number of carbonyl (C=O) groups excluding carboxylic acids is 2. The molecular weight excluding hydrogens is 422 g/mol. The van der Waals surface area contributed by atoms with E-state index in [0.29, 0.717) is 17.1 Å². The molecule has 2 aromatic rings. The van der Waals surface area contributed by atoms with Crippen LogP contribution in [0.3, 0.4) is 0 Å². The number of thiazole rings is 1. The molecule has 3 rings (SSSR count). The van der Waals surface area contributed by atoms with E-state index >= 15 is 0 Å². The van der Waals surface area contributed by atoms with Gasteiger partial charge < -0.3 is 14.9 Å². The van der Waals surface area contributed by atoms with E-state index in [2.05, 4.69) is 23.7 Å². The fourth-order valence-electron chi connectivity index (χ4n) is 3.99. The van der Waals surface area contributed by atoms with Crippen LogP contribution in [0.5, 0.6) is 0 Å². The first-order chi connectivity index (χ1) is 15.4. The molecule has 1 aliphatic heterocycles. The lowest BCUT2D eigenvalue weighted by Gasteiger charge is -2.25. The molecule has 7 heteroatoms. The summed E-state index contributed by atoms with van der Waals surface area (Å²) in [4.78, 5) is 35.1. The van der Waals surface area contributed by atoms with Gasteiger partial charge in [0, 0.05) is 6.54 Å². The Morgan fingerprint density at radius 2 is 1.91 bits per heavy atom. The summed E-state index contributed by atoms with van der Waals surface area (Å²) in [5, 5.41) is 11.5. The maximum atomic E-state index is 13.4. The van der Waals surface area contributed by atoms with Crippen LogP contribution in [-0.2, 0) is 4.79 Å². The number of amides is 1. The number of carbonyl (C=O) groups is 2. The van der Waals surface area contributed by atoms with Crippen molar-refractivity contribution in [3.05, 3.63) is 68.9 Å². The molecule has 6 nitrogen and oxygen atoms in total. The first kappa shape index (κ1) is 23.9. The quantitative estimate of drug-likeness (QED) is 0.540. The molecule has 1 amide bonds. The van der Waals surface area contributed by atoms with Crippen molar-refractivity contribution < 1.29 is 14.7 Å². The average molecular weight is 454 g/mol.